The van der Waals surface area contributed by atoms with E-state index in [4.69, 9.17) is 10.6 Å². The summed E-state index contributed by atoms with van der Waals surface area (Å²) in [6, 6.07) is 0. The van der Waals surface area contributed by atoms with Crippen molar-refractivity contribution in [2.75, 3.05) is 31.0 Å². The maximum absolute atomic E-state index is 9.39. The molecular weight excluding hydrogens is 210 g/mol. The number of hydrazine groups is 1. The molecule has 0 bridgehead atoms. The van der Waals surface area contributed by atoms with Gasteiger partial charge in [0, 0.05) is 13.7 Å². The second-order valence-corrected chi connectivity index (χ2v) is 3.26. The molecule has 1 aromatic rings. The van der Waals surface area contributed by atoms with Crippen LogP contribution in [0.4, 0.5) is 11.6 Å². The van der Waals surface area contributed by atoms with Gasteiger partial charge in [-0.1, -0.05) is 0 Å². The minimum absolute atomic E-state index is 0.331. The van der Waals surface area contributed by atoms with Crippen LogP contribution in [0.3, 0.4) is 0 Å². The Morgan fingerprint density at radius 3 is 2.94 bits per heavy atom. The molecule has 7 nitrogen and oxygen atoms in total. The van der Waals surface area contributed by atoms with Crippen LogP contribution >= 0.6 is 0 Å². The molecule has 5 N–H and O–H groups in total. The molecule has 1 heterocycles. The fraction of sp³-hybridized carbons (Fsp3) is 0.556. The first-order chi connectivity index (χ1) is 7.76. The number of nitrogens with zero attached hydrogens (tertiary/aromatic N) is 2. The fourth-order valence-electron chi connectivity index (χ4n) is 1.16. The second-order valence-electron chi connectivity index (χ2n) is 3.26. The highest BCUT2D eigenvalue weighted by Crippen LogP contribution is 2.05. The summed E-state index contributed by atoms with van der Waals surface area (Å²) in [5.74, 6) is 6.30. The normalized spacial score (nSPS) is 12.2. The molecule has 90 valence electrons. The molecule has 1 unspecified atom stereocenters. The Hall–Kier alpha value is -1.44. The summed E-state index contributed by atoms with van der Waals surface area (Å²) in [6.45, 7) is 0.922. The Kier molecular flexibility index (Phi) is 5.48. The predicted molar refractivity (Wildman–Crippen MR) is 60.8 cm³/mol. The van der Waals surface area contributed by atoms with Crippen LogP contribution < -0.4 is 16.6 Å². The zero-order valence-corrected chi connectivity index (χ0v) is 9.18. The van der Waals surface area contributed by atoms with Crippen LogP contribution in [0.1, 0.15) is 6.42 Å². The number of anilines is 2. The third-order valence-electron chi connectivity index (χ3n) is 1.93. The molecular formula is C9H17N5O2. The number of nitrogens with one attached hydrogen (secondary N) is 2. The van der Waals surface area contributed by atoms with Gasteiger partial charge in [-0.05, 0) is 6.42 Å². The van der Waals surface area contributed by atoms with Crippen LogP contribution in [-0.4, -0.2) is 41.4 Å². The summed E-state index contributed by atoms with van der Waals surface area (Å²) in [4.78, 5) is 8.05. The van der Waals surface area contributed by atoms with Gasteiger partial charge in [-0.3, -0.25) is 4.98 Å². The molecule has 1 aromatic heterocycles. The number of aliphatic hydroxyl groups is 1. The number of nitrogen functional groups attached to an aromatic ring is 1. The molecule has 0 spiro atoms. The van der Waals surface area contributed by atoms with Crippen LogP contribution in [0.25, 0.3) is 0 Å². The first kappa shape index (κ1) is 12.6. The molecule has 1 atom stereocenters. The lowest BCUT2D eigenvalue weighted by atomic mass is 10.3. The maximum Gasteiger partial charge on any atom is 0.160 e. The van der Waals surface area contributed by atoms with E-state index in [-0.39, 0.29) is 0 Å². The molecule has 0 aliphatic rings. The first-order valence-corrected chi connectivity index (χ1v) is 4.95. The molecule has 0 aliphatic carbocycles. The standard InChI is InChI=1S/C9H17N5O2/c1-16-6-7(15)2-3-12-8-4-11-5-9(13-8)14-10/h4-5,7,15H,2-3,6,10H2,1H3,(H2,12,13,14). The summed E-state index contributed by atoms with van der Waals surface area (Å²) in [7, 11) is 1.55. The highest BCUT2D eigenvalue weighted by Gasteiger charge is 2.03. The number of aromatic nitrogens is 2. The number of nitrogens with two attached hydrogens (primary N) is 1. The van der Waals surface area contributed by atoms with Crippen LogP contribution in [0.2, 0.25) is 0 Å². The highest BCUT2D eigenvalue weighted by atomic mass is 16.5. The lowest BCUT2D eigenvalue weighted by Crippen LogP contribution is -2.19. The van der Waals surface area contributed by atoms with Crippen molar-refractivity contribution in [1.29, 1.82) is 0 Å². The Labute approximate surface area is 94.0 Å². The predicted octanol–water partition coefficient (Wildman–Crippen LogP) is -0.428. The molecule has 7 heteroatoms. The van der Waals surface area contributed by atoms with Gasteiger partial charge in [0.1, 0.15) is 5.82 Å². The Balaban J connectivity index is 2.31. The summed E-state index contributed by atoms with van der Waals surface area (Å²) in [5.41, 5.74) is 2.40. The van der Waals surface area contributed by atoms with E-state index in [1.54, 1.807) is 13.3 Å². The Morgan fingerprint density at radius 1 is 1.50 bits per heavy atom. The average molecular weight is 227 g/mol. The van der Waals surface area contributed by atoms with Crippen molar-refractivity contribution in [3.63, 3.8) is 0 Å². The molecule has 0 saturated carbocycles. The van der Waals surface area contributed by atoms with E-state index in [2.05, 4.69) is 20.7 Å². The SMILES string of the molecule is COCC(O)CCNc1cncc(NN)n1. The fourth-order valence-corrected chi connectivity index (χ4v) is 1.16. The minimum atomic E-state index is -0.471. The van der Waals surface area contributed by atoms with E-state index in [0.29, 0.717) is 31.2 Å². The van der Waals surface area contributed by atoms with Gasteiger partial charge in [0.2, 0.25) is 0 Å². The van der Waals surface area contributed by atoms with Crippen molar-refractivity contribution >= 4 is 11.6 Å². The molecule has 0 saturated heterocycles. The number of ether oxygens (including phenoxy) is 1. The zero-order valence-electron chi connectivity index (χ0n) is 9.18. The number of rotatable bonds is 7. The molecule has 0 amide bonds. The van der Waals surface area contributed by atoms with E-state index < -0.39 is 6.10 Å². The van der Waals surface area contributed by atoms with E-state index >= 15 is 0 Å². The minimum Gasteiger partial charge on any atom is -0.391 e. The summed E-state index contributed by atoms with van der Waals surface area (Å²) in [6.07, 6.45) is 3.21. The third-order valence-corrected chi connectivity index (χ3v) is 1.93. The summed E-state index contributed by atoms with van der Waals surface area (Å²) in [5, 5.41) is 12.4. The van der Waals surface area contributed by atoms with Gasteiger partial charge in [0.15, 0.2) is 5.82 Å². The van der Waals surface area contributed by atoms with Crippen molar-refractivity contribution in [3.8, 4) is 0 Å². The van der Waals surface area contributed by atoms with Gasteiger partial charge < -0.3 is 20.6 Å². The molecule has 0 fully saturated rings. The number of hydrogen-bond donors (Lipinski definition) is 4. The Morgan fingerprint density at radius 2 is 2.25 bits per heavy atom. The third kappa shape index (κ3) is 4.39. The van der Waals surface area contributed by atoms with Gasteiger partial charge in [0.25, 0.3) is 0 Å². The Bertz CT molecular complexity index is 310. The quantitative estimate of drug-likeness (QED) is 0.370. The van der Waals surface area contributed by atoms with Crippen molar-refractivity contribution in [3.05, 3.63) is 12.4 Å². The molecule has 0 aromatic carbocycles. The monoisotopic (exact) mass is 227 g/mol. The van der Waals surface area contributed by atoms with E-state index in [1.165, 1.54) is 6.20 Å². The number of hydrogen-bond acceptors (Lipinski definition) is 7. The highest BCUT2D eigenvalue weighted by molar-refractivity contribution is 5.40. The van der Waals surface area contributed by atoms with E-state index in [1.807, 2.05) is 0 Å². The second kappa shape index (κ2) is 6.94. The van der Waals surface area contributed by atoms with Crippen LogP contribution in [0.5, 0.6) is 0 Å². The van der Waals surface area contributed by atoms with Gasteiger partial charge in [-0.25, -0.2) is 10.8 Å². The molecule has 0 radical (unpaired) electrons. The van der Waals surface area contributed by atoms with Crippen LogP contribution in [0, 0.1) is 0 Å². The van der Waals surface area contributed by atoms with Crippen molar-refractivity contribution in [2.24, 2.45) is 5.84 Å². The maximum atomic E-state index is 9.39. The smallest absolute Gasteiger partial charge is 0.160 e. The van der Waals surface area contributed by atoms with Gasteiger partial charge >= 0.3 is 0 Å². The topological polar surface area (TPSA) is 105 Å². The van der Waals surface area contributed by atoms with Crippen molar-refractivity contribution in [2.45, 2.75) is 12.5 Å². The summed E-state index contributed by atoms with van der Waals surface area (Å²) >= 11 is 0. The largest absolute Gasteiger partial charge is 0.391 e. The van der Waals surface area contributed by atoms with E-state index in [0.717, 1.165) is 0 Å². The lowest BCUT2D eigenvalue weighted by Gasteiger charge is -2.10. The zero-order chi connectivity index (χ0) is 11.8. The average Bonchev–Trinajstić information content (AvgIpc) is 2.30. The van der Waals surface area contributed by atoms with E-state index in [9.17, 15) is 5.11 Å². The van der Waals surface area contributed by atoms with Crippen molar-refractivity contribution < 1.29 is 9.84 Å². The first-order valence-electron chi connectivity index (χ1n) is 4.95. The lowest BCUT2D eigenvalue weighted by molar-refractivity contribution is 0.0615. The molecule has 0 aliphatic heterocycles. The molecule has 1 rings (SSSR count). The number of aliphatic hydroxyl groups excluding tert-OH is 1. The van der Waals surface area contributed by atoms with Gasteiger partial charge in [-0.2, -0.15) is 0 Å². The van der Waals surface area contributed by atoms with Gasteiger partial charge in [0.05, 0.1) is 25.1 Å². The van der Waals surface area contributed by atoms with Crippen molar-refractivity contribution in [1.82, 2.24) is 9.97 Å². The summed E-state index contributed by atoms with van der Waals surface area (Å²) < 4.78 is 4.81. The van der Waals surface area contributed by atoms with Crippen LogP contribution in [0.15, 0.2) is 12.4 Å². The molecule has 16 heavy (non-hydrogen) atoms. The van der Waals surface area contributed by atoms with Gasteiger partial charge in [-0.15, -0.1) is 0 Å². The van der Waals surface area contributed by atoms with Crippen LogP contribution in [-0.2, 0) is 4.74 Å². The number of methoxy groups -OCH3 is 1.